The van der Waals surface area contributed by atoms with Crippen molar-refractivity contribution in [3.05, 3.63) is 11.3 Å². The fourth-order valence-corrected chi connectivity index (χ4v) is 4.63. The monoisotopic (exact) mass is 279 g/mol. The molecular formula is C16H29NOSi. The number of amides is 1. The van der Waals surface area contributed by atoms with Crippen molar-refractivity contribution in [2.45, 2.75) is 64.6 Å². The molecule has 2 nitrogen and oxygen atoms in total. The first-order chi connectivity index (χ1) is 8.97. The van der Waals surface area contributed by atoms with Crippen LogP contribution >= 0.6 is 0 Å². The van der Waals surface area contributed by atoms with Gasteiger partial charge >= 0.3 is 0 Å². The van der Waals surface area contributed by atoms with Crippen LogP contribution in [0.3, 0.4) is 0 Å². The first-order valence-corrected chi connectivity index (χ1v) is 11.6. The molecule has 1 amide bonds. The molecule has 0 atom stereocenters. The standard InChI is InChI=1S/C16H29NOSi/c1-19(2,3)13-15(14-9-5-4-6-10-14)16(18)17-11-7-8-12-17/h13-14H,4-12H2,1-3H3/b15-13-. The number of likely N-dealkylation sites (tertiary alicyclic amines) is 1. The molecule has 0 radical (unpaired) electrons. The van der Waals surface area contributed by atoms with Gasteiger partial charge in [-0.2, -0.15) is 0 Å². The van der Waals surface area contributed by atoms with Crippen LogP contribution in [0.5, 0.6) is 0 Å². The SMILES string of the molecule is C[Si](C)(C)/C=C(\C(=O)N1CCCC1)C1CCCCC1. The molecule has 19 heavy (non-hydrogen) atoms. The van der Waals surface area contributed by atoms with E-state index >= 15 is 0 Å². The molecule has 2 aliphatic rings. The Bertz CT molecular complexity index is 344. The van der Waals surface area contributed by atoms with E-state index in [4.69, 9.17) is 0 Å². The molecule has 3 heteroatoms. The molecule has 0 aromatic heterocycles. The van der Waals surface area contributed by atoms with Crippen molar-refractivity contribution >= 4 is 14.0 Å². The van der Waals surface area contributed by atoms with Gasteiger partial charge in [-0.3, -0.25) is 4.79 Å². The fraction of sp³-hybridized carbons (Fsp3) is 0.812. The fourth-order valence-electron chi connectivity index (χ4n) is 3.34. The van der Waals surface area contributed by atoms with Crippen molar-refractivity contribution in [3.8, 4) is 0 Å². The highest BCUT2D eigenvalue weighted by atomic mass is 28.3. The van der Waals surface area contributed by atoms with Crippen LogP contribution in [0.15, 0.2) is 11.3 Å². The number of nitrogens with zero attached hydrogens (tertiary/aromatic N) is 1. The second-order valence-corrected chi connectivity index (χ2v) is 12.3. The Kier molecular flexibility index (Phi) is 4.88. The van der Waals surface area contributed by atoms with Crippen LogP contribution < -0.4 is 0 Å². The van der Waals surface area contributed by atoms with E-state index in [0.29, 0.717) is 11.8 Å². The maximum absolute atomic E-state index is 12.8. The van der Waals surface area contributed by atoms with Gasteiger partial charge in [-0.25, -0.2) is 0 Å². The predicted molar refractivity (Wildman–Crippen MR) is 83.8 cm³/mol. The molecule has 2 rings (SSSR count). The van der Waals surface area contributed by atoms with Crippen molar-refractivity contribution in [2.75, 3.05) is 13.1 Å². The van der Waals surface area contributed by atoms with Crippen LogP contribution in [0.25, 0.3) is 0 Å². The van der Waals surface area contributed by atoms with Crippen molar-refractivity contribution < 1.29 is 4.79 Å². The van der Waals surface area contributed by atoms with E-state index in [0.717, 1.165) is 13.1 Å². The molecule has 0 bridgehead atoms. The van der Waals surface area contributed by atoms with Crippen molar-refractivity contribution in [3.63, 3.8) is 0 Å². The molecule has 0 aromatic carbocycles. The molecule has 2 fully saturated rings. The summed E-state index contributed by atoms with van der Waals surface area (Å²) in [5, 5.41) is 0. The largest absolute Gasteiger partial charge is 0.339 e. The maximum atomic E-state index is 12.8. The zero-order chi connectivity index (χ0) is 13.9. The van der Waals surface area contributed by atoms with Gasteiger partial charge in [-0.1, -0.05) is 44.6 Å². The van der Waals surface area contributed by atoms with Gasteiger partial charge in [0.05, 0.1) is 8.07 Å². The lowest BCUT2D eigenvalue weighted by molar-refractivity contribution is -0.126. The van der Waals surface area contributed by atoms with Gasteiger partial charge in [0.25, 0.3) is 0 Å². The zero-order valence-corrected chi connectivity index (χ0v) is 13.9. The van der Waals surface area contributed by atoms with Gasteiger partial charge in [0.15, 0.2) is 0 Å². The number of carbonyl (C=O) groups is 1. The smallest absolute Gasteiger partial charge is 0.249 e. The Morgan fingerprint density at radius 1 is 1.00 bits per heavy atom. The first-order valence-electron chi connectivity index (χ1n) is 7.99. The lowest BCUT2D eigenvalue weighted by Gasteiger charge is -2.28. The first kappa shape index (κ1) is 14.8. The summed E-state index contributed by atoms with van der Waals surface area (Å²) < 4.78 is 0. The third-order valence-electron chi connectivity index (χ3n) is 4.27. The summed E-state index contributed by atoms with van der Waals surface area (Å²) in [6.07, 6.45) is 8.82. The van der Waals surface area contributed by atoms with Crippen LogP contribution in [-0.2, 0) is 4.79 Å². The molecule has 0 N–H and O–H groups in total. The zero-order valence-electron chi connectivity index (χ0n) is 12.9. The molecule has 0 spiro atoms. The normalized spacial score (nSPS) is 22.9. The lowest BCUT2D eigenvalue weighted by Crippen LogP contribution is -2.34. The highest BCUT2D eigenvalue weighted by Crippen LogP contribution is 2.32. The van der Waals surface area contributed by atoms with E-state index in [2.05, 4.69) is 30.2 Å². The Morgan fingerprint density at radius 2 is 1.58 bits per heavy atom. The maximum Gasteiger partial charge on any atom is 0.249 e. The summed E-state index contributed by atoms with van der Waals surface area (Å²) in [4.78, 5) is 14.9. The number of rotatable bonds is 3. The molecule has 1 saturated carbocycles. The van der Waals surface area contributed by atoms with Gasteiger partial charge < -0.3 is 4.90 Å². The molecule has 1 aliphatic heterocycles. The minimum Gasteiger partial charge on any atom is -0.339 e. The quantitative estimate of drug-likeness (QED) is 0.565. The predicted octanol–water partition coefficient (Wildman–Crippen LogP) is 3.99. The molecule has 1 heterocycles. The second-order valence-electron chi connectivity index (χ2n) is 7.30. The van der Waals surface area contributed by atoms with Crippen molar-refractivity contribution in [1.29, 1.82) is 0 Å². The molecule has 1 saturated heterocycles. The van der Waals surface area contributed by atoms with Gasteiger partial charge in [0.1, 0.15) is 0 Å². The van der Waals surface area contributed by atoms with E-state index in [1.54, 1.807) is 0 Å². The lowest BCUT2D eigenvalue weighted by atomic mass is 9.84. The molecule has 108 valence electrons. The number of hydrogen-bond donors (Lipinski definition) is 0. The number of carbonyl (C=O) groups excluding carboxylic acids is 1. The summed E-state index contributed by atoms with van der Waals surface area (Å²) in [5.74, 6) is 0.917. The summed E-state index contributed by atoms with van der Waals surface area (Å²) in [5.41, 5.74) is 3.57. The van der Waals surface area contributed by atoms with Crippen LogP contribution in [0.1, 0.15) is 44.9 Å². The van der Waals surface area contributed by atoms with Crippen LogP contribution in [0.2, 0.25) is 19.6 Å². The van der Waals surface area contributed by atoms with E-state index in [1.165, 1.54) is 50.5 Å². The summed E-state index contributed by atoms with van der Waals surface area (Å²) in [6, 6.07) is 0. The molecular weight excluding hydrogens is 250 g/mol. The van der Waals surface area contributed by atoms with E-state index in [1.807, 2.05) is 0 Å². The van der Waals surface area contributed by atoms with Gasteiger partial charge in [0, 0.05) is 18.7 Å². The van der Waals surface area contributed by atoms with E-state index < -0.39 is 8.07 Å². The Balaban J connectivity index is 2.17. The van der Waals surface area contributed by atoms with Crippen LogP contribution in [0, 0.1) is 5.92 Å². The summed E-state index contributed by atoms with van der Waals surface area (Å²) >= 11 is 0. The molecule has 0 aromatic rings. The average molecular weight is 279 g/mol. The summed E-state index contributed by atoms with van der Waals surface area (Å²) in [6.45, 7) is 8.98. The van der Waals surface area contributed by atoms with Gasteiger partial charge in [-0.15, -0.1) is 0 Å². The van der Waals surface area contributed by atoms with Crippen molar-refractivity contribution in [1.82, 2.24) is 4.90 Å². The third-order valence-corrected chi connectivity index (χ3v) is 5.45. The minimum atomic E-state index is -1.33. The van der Waals surface area contributed by atoms with E-state index in [9.17, 15) is 4.79 Å². The Labute approximate surface area is 119 Å². The van der Waals surface area contributed by atoms with Crippen LogP contribution in [-0.4, -0.2) is 32.0 Å². The third kappa shape index (κ3) is 4.20. The van der Waals surface area contributed by atoms with E-state index in [-0.39, 0.29) is 0 Å². The van der Waals surface area contributed by atoms with Gasteiger partial charge in [-0.05, 0) is 31.6 Å². The minimum absolute atomic E-state index is 0.367. The topological polar surface area (TPSA) is 20.3 Å². The molecule has 0 unspecified atom stereocenters. The highest BCUT2D eigenvalue weighted by Gasteiger charge is 2.29. The highest BCUT2D eigenvalue weighted by molar-refractivity contribution is 6.81. The Morgan fingerprint density at radius 3 is 2.11 bits per heavy atom. The number of hydrogen-bond acceptors (Lipinski definition) is 1. The van der Waals surface area contributed by atoms with Gasteiger partial charge in [0.2, 0.25) is 5.91 Å². The van der Waals surface area contributed by atoms with Crippen molar-refractivity contribution in [2.24, 2.45) is 5.92 Å². The second kappa shape index (κ2) is 6.25. The molecule has 1 aliphatic carbocycles. The van der Waals surface area contributed by atoms with Crippen LogP contribution in [0.4, 0.5) is 0 Å². The average Bonchev–Trinajstić information content (AvgIpc) is 2.89. The summed E-state index contributed by atoms with van der Waals surface area (Å²) in [7, 11) is -1.33. The Hall–Kier alpha value is -0.573.